The van der Waals surface area contributed by atoms with E-state index in [9.17, 15) is 9.59 Å². The second-order valence-corrected chi connectivity index (χ2v) is 16.7. The van der Waals surface area contributed by atoms with Crippen LogP contribution in [0.5, 0.6) is 11.5 Å². The highest BCUT2D eigenvalue weighted by Crippen LogP contribution is 2.38. The zero-order valence-electron chi connectivity index (χ0n) is 22.6. The van der Waals surface area contributed by atoms with Gasteiger partial charge in [0.25, 0.3) is 0 Å². The number of hydrogen-bond donors (Lipinski definition) is 0. The summed E-state index contributed by atoms with van der Waals surface area (Å²) < 4.78 is 12.2. The molecule has 0 spiro atoms. The molecule has 2 rings (SSSR count). The summed E-state index contributed by atoms with van der Waals surface area (Å²) in [6, 6.07) is 5.52. The van der Waals surface area contributed by atoms with Crippen LogP contribution >= 0.6 is 0 Å². The lowest BCUT2D eigenvalue weighted by molar-refractivity contribution is -0.143. The van der Waals surface area contributed by atoms with Crippen molar-refractivity contribution in [3.05, 3.63) is 36.2 Å². The van der Waals surface area contributed by atoms with E-state index in [4.69, 9.17) is 19.4 Å². The van der Waals surface area contributed by atoms with Gasteiger partial charge in [0, 0.05) is 17.6 Å². The second kappa shape index (κ2) is 9.98. The molecule has 0 aliphatic rings. The van der Waals surface area contributed by atoms with E-state index in [1.54, 1.807) is 18.5 Å². The minimum atomic E-state index is -2.84. The molecular formula is C27H40N2O4Si. The topological polar surface area (TPSA) is 78.4 Å². The molecular weight excluding hydrogens is 444 g/mol. The average molecular weight is 485 g/mol. The second-order valence-electron chi connectivity index (χ2n) is 11.7. The number of aromatic nitrogens is 2. The number of carbonyl (C=O) groups is 2. The van der Waals surface area contributed by atoms with Crippen molar-refractivity contribution in [2.24, 2.45) is 10.8 Å². The Morgan fingerprint density at radius 2 is 1.18 bits per heavy atom. The molecule has 2 aromatic rings. The molecule has 0 aliphatic carbocycles. The Morgan fingerprint density at radius 3 is 1.50 bits per heavy atom. The molecule has 0 amide bonds. The smallest absolute Gasteiger partial charge is 0.316 e. The minimum absolute atomic E-state index is 0.122. The highest BCUT2D eigenvalue weighted by Gasteiger charge is 2.51. The van der Waals surface area contributed by atoms with Gasteiger partial charge in [-0.2, -0.15) is 0 Å². The molecule has 0 bridgehead atoms. The van der Waals surface area contributed by atoms with Crippen molar-refractivity contribution in [3.8, 4) is 11.5 Å². The molecule has 6 nitrogen and oxygen atoms in total. The Balaban J connectivity index is 2.99. The van der Waals surface area contributed by atoms with Crippen LogP contribution in [-0.2, 0) is 9.59 Å². The van der Waals surface area contributed by atoms with Gasteiger partial charge in [0.15, 0.2) is 8.07 Å². The van der Waals surface area contributed by atoms with Gasteiger partial charge in [-0.05, 0) is 83.3 Å². The van der Waals surface area contributed by atoms with Gasteiger partial charge in [-0.1, -0.05) is 27.7 Å². The van der Waals surface area contributed by atoms with Crippen molar-refractivity contribution in [2.75, 3.05) is 0 Å². The van der Waals surface area contributed by atoms with Crippen LogP contribution in [-0.4, -0.2) is 30.0 Å². The molecule has 0 saturated carbocycles. The lowest BCUT2D eigenvalue weighted by Crippen LogP contribution is -2.65. The number of ether oxygens (including phenoxy) is 2. The van der Waals surface area contributed by atoms with Crippen molar-refractivity contribution in [2.45, 2.75) is 87.2 Å². The van der Waals surface area contributed by atoms with E-state index in [0.29, 0.717) is 11.5 Å². The standard InChI is InChI=1S/C27H40N2O4Si/c1-17(2)34(18(3)4,25-28-13-12-14-29-25)22-20(32-23(30)26(6,7)8)15-19(5)16-21(22)33-24(31)27(9,10)11/h12-18H,1-11H3. The zero-order valence-corrected chi connectivity index (χ0v) is 23.6. The summed E-state index contributed by atoms with van der Waals surface area (Å²) in [4.78, 5) is 35.5. The first-order valence-electron chi connectivity index (χ1n) is 11.9. The quantitative estimate of drug-likeness (QED) is 0.324. The minimum Gasteiger partial charge on any atom is -0.426 e. The van der Waals surface area contributed by atoms with Crippen LogP contribution in [0.1, 0.15) is 74.8 Å². The monoisotopic (exact) mass is 484 g/mol. The van der Waals surface area contributed by atoms with Crippen molar-refractivity contribution in [3.63, 3.8) is 0 Å². The first-order valence-corrected chi connectivity index (χ1v) is 14.1. The summed E-state index contributed by atoms with van der Waals surface area (Å²) in [6.07, 6.45) is 3.48. The molecule has 0 N–H and O–H groups in total. The maximum atomic E-state index is 13.0. The van der Waals surface area contributed by atoms with E-state index in [1.165, 1.54) is 0 Å². The Kier molecular flexibility index (Phi) is 8.13. The number of hydrogen-bond acceptors (Lipinski definition) is 6. The van der Waals surface area contributed by atoms with E-state index in [0.717, 1.165) is 16.2 Å². The lowest BCUT2D eigenvalue weighted by atomic mass is 9.97. The van der Waals surface area contributed by atoms with E-state index in [1.807, 2.05) is 60.6 Å². The summed E-state index contributed by atoms with van der Waals surface area (Å²) in [5, 5.41) is 0.754. The van der Waals surface area contributed by atoms with Crippen molar-refractivity contribution >= 4 is 30.6 Å². The molecule has 0 unspecified atom stereocenters. The fraction of sp³-hybridized carbons (Fsp3) is 0.556. The maximum absolute atomic E-state index is 13.0. The van der Waals surface area contributed by atoms with Crippen LogP contribution in [0.15, 0.2) is 30.6 Å². The zero-order chi connectivity index (χ0) is 26.1. The molecule has 0 radical (unpaired) electrons. The molecule has 0 atom stereocenters. The Morgan fingerprint density at radius 1 is 0.794 bits per heavy atom. The molecule has 186 valence electrons. The molecule has 7 heteroatoms. The van der Waals surface area contributed by atoms with E-state index >= 15 is 0 Å². The molecule has 1 heterocycles. The summed E-state index contributed by atoms with van der Waals surface area (Å²) in [5.41, 5.74) is 0.402. The van der Waals surface area contributed by atoms with E-state index in [-0.39, 0.29) is 23.0 Å². The van der Waals surface area contributed by atoms with Crippen LogP contribution in [0.3, 0.4) is 0 Å². The van der Waals surface area contributed by atoms with E-state index in [2.05, 4.69) is 27.7 Å². The average Bonchev–Trinajstić information content (AvgIpc) is 2.69. The first-order chi connectivity index (χ1) is 15.5. The highest BCUT2D eigenvalue weighted by atomic mass is 28.3. The molecule has 0 saturated heterocycles. The number of rotatable bonds is 6. The SMILES string of the molecule is Cc1cc(OC(=O)C(C)(C)C)c([Si](c2ncccn2)(C(C)C)C(C)C)c(OC(=O)C(C)(C)C)c1. The normalized spacial score (nSPS) is 12.7. The molecule has 0 fully saturated rings. The van der Waals surface area contributed by atoms with Crippen molar-refractivity contribution in [1.82, 2.24) is 9.97 Å². The third-order valence-corrected chi connectivity index (χ3v) is 12.0. The van der Waals surface area contributed by atoms with Gasteiger partial charge in [0.1, 0.15) is 16.9 Å². The Hall–Kier alpha value is -2.54. The molecule has 34 heavy (non-hydrogen) atoms. The number of benzene rings is 1. The van der Waals surface area contributed by atoms with Crippen LogP contribution in [0.4, 0.5) is 0 Å². The molecule has 1 aromatic heterocycles. The number of esters is 2. The van der Waals surface area contributed by atoms with Gasteiger partial charge in [-0.15, -0.1) is 0 Å². The van der Waals surface area contributed by atoms with Gasteiger partial charge in [0.2, 0.25) is 0 Å². The van der Waals surface area contributed by atoms with Crippen LogP contribution in [0, 0.1) is 17.8 Å². The predicted octanol–water partition coefficient (Wildman–Crippen LogP) is 5.07. The van der Waals surface area contributed by atoms with Gasteiger partial charge < -0.3 is 9.47 Å². The van der Waals surface area contributed by atoms with Gasteiger partial charge in [0.05, 0.1) is 10.8 Å². The lowest BCUT2D eigenvalue weighted by Gasteiger charge is -2.40. The van der Waals surface area contributed by atoms with Crippen LogP contribution in [0.2, 0.25) is 11.1 Å². The summed E-state index contributed by atoms with van der Waals surface area (Å²) >= 11 is 0. The number of nitrogens with zero attached hydrogens (tertiary/aromatic N) is 2. The fourth-order valence-electron chi connectivity index (χ4n) is 4.18. The van der Waals surface area contributed by atoms with Crippen molar-refractivity contribution < 1.29 is 19.1 Å². The van der Waals surface area contributed by atoms with Crippen molar-refractivity contribution in [1.29, 1.82) is 0 Å². The highest BCUT2D eigenvalue weighted by molar-refractivity contribution is 7.04. The summed E-state index contributed by atoms with van der Waals surface area (Å²) in [6.45, 7) is 21.4. The Labute approximate surface area is 205 Å². The third kappa shape index (κ3) is 5.57. The van der Waals surface area contributed by atoms with Gasteiger partial charge in [-0.25, -0.2) is 9.97 Å². The van der Waals surface area contributed by atoms with Gasteiger partial charge in [-0.3, -0.25) is 9.59 Å². The number of aryl methyl sites for hydroxylation is 1. The largest absolute Gasteiger partial charge is 0.426 e. The summed E-state index contributed by atoms with van der Waals surface area (Å²) in [7, 11) is -2.84. The van der Waals surface area contributed by atoms with Crippen LogP contribution in [0.25, 0.3) is 0 Å². The fourth-order valence-corrected chi connectivity index (χ4v) is 9.56. The first kappa shape index (κ1) is 27.7. The molecule has 1 aromatic carbocycles. The number of carbonyl (C=O) groups excluding carboxylic acids is 2. The third-order valence-electron chi connectivity index (χ3n) is 6.01. The summed E-state index contributed by atoms with van der Waals surface area (Å²) in [5.74, 6) is 0.157. The maximum Gasteiger partial charge on any atom is 0.316 e. The molecule has 0 aliphatic heterocycles. The van der Waals surface area contributed by atoms with E-state index < -0.39 is 18.9 Å². The van der Waals surface area contributed by atoms with Gasteiger partial charge >= 0.3 is 11.9 Å². The predicted molar refractivity (Wildman–Crippen MR) is 139 cm³/mol. The Bertz CT molecular complexity index is 978. The van der Waals surface area contributed by atoms with Crippen LogP contribution < -0.4 is 20.1 Å².